The number of rotatable bonds is 3. The van der Waals surface area contributed by atoms with Gasteiger partial charge in [-0.1, -0.05) is 72.8 Å². The Morgan fingerprint density at radius 3 is 1.88 bits per heavy atom. The van der Waals surface area contributed by atoms with Gasteiger partial charge in [0.25, 0.3) is 0 Å². The van der Waals surface area contributed by atoms with Crippen LogP contribution in [0.3, 0.4) is 0 Å². The number of hydrogen-bond donors (Lipinski definition) is 0. The normalized spacial score (nSPS) is 11.5. The van der Waals surface area contributed by atoms with E-state index in [0.717, 1.165) is 11.1 Å². The molecule has 8 rings (SSSR count). The van der Waals surface area contributed by atoms with Crippen LogP contribution in [0, 0.1) is 11.3 Å². The Morgan fingerprint density at radius 2 is 1.05 bits per heavy atom. The SMILES string of the molecule is N#Cc1cccc(-c2cc(-c3ccc4c(c3)sc3ccccc34)cc(-c3cccc4sc5ccccc5c34)c2)c1. The highest BCUT2D eigenvalue weighted by molar-refractivity contribution is 7.26. The molecule has 0 aliphatic rings. The second kappa shape index (κ2) is 9.17. The van der Waals surface area contributed by atoms with Crippen molar-refractivity contribution in [3.63, 3.8) is 0 Å². The van der Waals surface area contributed by atoms with Crippen LogP contribution in [0.5, 0.6) is 0 Å². The van der Waals surface area contributed by atoms with E-state index in [2.05, 4.69) is 115 Å². The van der Waals surface area contributed by atoms with Crippen molar-refractivity contribution in [1.29, 1.82) is 5.26 Å². The fourth-order valence-corrected chi connectivity index (χ4v) is 8.08. The monoisotopic (exact) mass is 543 g/mol. The summed E-state index contributed by atoms with van der Waals surface area (Å²) in [6, 6.07) is 47.9. The lowest BCUT2D eigenvalue weighted by Crippen LogP contribution is -1.87. The minimum absolute atomic E-state index is 0.669. The van der Waals surface area contributed by atoms with Gasteiger partial charge in [0.2, 0.25) is 0 Å². The fraction of sp³-hybridized carbons (Fsp3) is 0. The summed E-state index contributed by atoms with van der Waals surface area (Å²) >= 11 is 3.69. The highest BCUT2D eigenvalue weighted by Gasteiger charge is 2.14. The average Bonchev–Trinajstić information content (AvgIpc) is 3.59. The van der Waals surface area contributed by atoms with Crippen molar-refractivity contribution < 1.29 is 0 Å². The summed E-state index contributed by atoms with van der Waals surface area (Å²) in [4.78, 5) is 0. The molecule has 2 aromatic heterocycles. The molecule has 2 heterocycles. The van der Waals surface area contributed by atoms with Gasteiger partial charge in [-0.3, -0.25) is 0 Å². The number of fused-ring (bicyclic) bond motifs is 6. The van der Waals surface area contributed by atoms with Gasteiger partial charge in [-0.05, 0) is 88.0 Å². The summed E-state index contributed by atoms with van der Waals surface area (Å²) in [5.41, 5.74) is 7.61. The lowest BCUT2D eigenvalue weighted by atomic mass is 9.91. The van der Waals surface area contributed by atoms with Crippen LogP contribution in [-0.2, 0) is 0 Å². The Morgan fingerprint density at radius 1 is 0.425 bits per heavy atom. The van der Waals surface area contributed by atoms with Crippen LogP contribution < -0.4 is 0 Å². The molecule has 6 aromatic carbocycles. The molecule has 1 nitrogen and oxygen atoms in total. The first-order chi connectivity index (χ1) is 19.7. The van der Waals surface area contributed by atoms with Crippen LogP contribution >= 0.6 is 22.7 Å². The van der Waals surface area contributed by atoms with E-state index in [0.29, 0.717) is 5.56 Å². The van der Waals surface area contributed by atoms with Crippen molar-refractivity contribution >= 4 is 63.0 Å². The zero-order chi connectivity index (χ0) is 26.6. The van der Waals surface area contributed by atoms with Crippen molar-refractivity contribution in [2.45, 2.75) is 0 Å². The second-order valence-corrected chi connectivity index (χ2v) is 12.2. The quantitative estimate of drug-likeness (QED) is 0.217. The number of benzene rings is 6. The molecule has 0 bridgehead atoms. The van der Waals surface area contributed by atoms with Crippen molar-refractivity contribution in [2.24, 2.45) is 0 Å². The summed E-state index contributed by atoms with van der Waals surface area (Å²) in [6.07, 6.45) is 0. The van der Waals surface area contributed by atoms with E-state index in [1.165, 1.54) is 62.6 Å². The first kappa shape index (κ1) is 23.2. The van der Waals surface area contributed by atoms with E-state index in [4.69, 9.17) is 0 Å². The third-order valence-corrected chi connectivity index (χ3v) is 9.95. The zero-order valence-electron chi connectivity index (χ0n) is 21.4. The Kier molecular flexibility index (Phi) is 5.31. The van der Waals surface area contributed by atoms with Crippen molar-refractivity contribution in [2.75, 3.05) is 0 Å². The predicted molar refractivity (Wildman–Crippen MR) is 173 cm³/mol. The molecule has 40 heavy (non-hydrogen) atoms. The fourth-order valence-electron chi connectivity index (χ4n) is 5.81. The van der Waals surface area contributed by atoms with Crippen molar-refractivity contribution in [3.05, 3.63) is 133 Å². The first-order valence-corrected chi connectivity index (χ1v) is 14.9. The van der Waals surface area contributed by atoms with Crippen LogP contribution in [0.4, 0.5) is 0 Å². The van der Waals surface area contributed by atoms with Crippen LogP contribution in [0.1, 0.15) is 5.56 Å². The van der Waals surface area contributed by atoms with Crippen molar-refractivity contribution in [3.8, 4) is 39.4 Å². The molecule has 0 amide bonds. The van der Waals surface area contributed by atoms with Gasteiger partial charge in [0.05, 0.1) is 11.6 Å². The summed E-state index contributed by atoms with van der Waals surface area (Å²) < 4.78 is 5.21. The van der Waals surface area contributed by atoms with E-state index >= 15 is 0 Å². The highest BCUT2D eigenvalue weighted by atomic mass is 32.1. The summed E-state index contributed by atoms with van der Waals surface area (Å²) in [6.45, 7) is 0. The summed E-state index contributed by atoms with van der Waals surface area (Å²) in [5, 5.41) is 14.8. The Bertz CT molecular complexity index is 2290. The standard InChI is InChI=1S/C37H21NS2/c38-22-23-7-5-8-24(17-23)26-18-27(25-15-16-31-30-9-1-3-12-33(30)40-36(31)21-25)20-28(19-26)29-11-6-14-35-37(29)32-10-2-4-13-34(32)39-35/h1-21H. The highest BCUT2D eigenvalue weighted by Crippen LogP contribution is 2.43. The average molecular weight is 544 g/mol. The molecule has 0 fully saturated rings. The van der Waals surface area contributed by atoms with Gasteiger partial charge in [-0.25, -0.2) is 0 Å². The second-order valence-electron chi connectivity index (χ2n) is 10.1. The molecule has 0 spiro atoms. The Balaban J connectivity index is 1.39. The van der Waals surface area contributed by atoms with Gasteiger partial charge >= 0.3 is 0 Å². The van der Waals surface area contributed by atoms with E-state index in [-0.39, 0.29) is 0 Å². The Labute approximate surface area is 239 Å². The summed E-state index contributed by atoms with van der Waals surface area (Å²) in [7, 11) is 0. The maximum atomic E-state index is 9.58. The van der Waals surface area contributed by atoms with E-state index < -0.39 is 0 Å². The van der Waals surface area contributed by atoms with Gasteiger partial charge in [-0.2, -0.15) is 5.26 Å². The third-order valence-electron chi connectivity index (χ3n) is 7.68. The lowest BCUT2D eigenvalue weighted by Gasteiger charge is -2.13. The van der Waals surface area contributed by atoms with Gasteiger partial charge in [0, 0.05) is 40.3 Å². The van der Waals surface area contributed by atoms with E-state index in [9.17, 15) is 5.26 Å². The molecule has 0 saturated carbocycles. The molecule has 0 aliphatic heterocycles. The Hall–Kier alpha value is -4.75. The molecule has 0 saturated heterocycles. The molecule has 3 heteroatoms. The molecular weight excluding hydrogens is 523 g/mol. The zero-order valence-corrected chi connectivity index (χ0v) is 23.0. The minimum atomic E-state index is 0.669. The summed E-state index contributed by atoms with van der Waals surface area (Å²) in [5.74, 6) is 0. The molecule has 0 radical (unpaired) electrons. The molecule has 8 aromatic rings. The largest absolute Gasteiger partial charge is 0.192 e. The topological polar surface area (TPSA) is 23.8 Å². The van der Waals surface area contributed by atoms with E-state index in [1.807, 2.05) is 40.9 Å². The lowest BCUT2D eigenvalue weighted by molar-refractivity contribution is 1.48. The number of nitrogens with zero attached hydrogens (tertiary/aromatic N) is 1. The molecular formula is C37H21NS2. The van der Waals surface area contributed by atoms with Gasteiger partial charge in [-0.15, -0.1) is 22.7 Å². The molecule has 186 valence electrons. The maximum absolute atomic E-state index is 9.58. The van der Waals surface area contributed by atoms with E-state index in [1.54, 1.807) is 0 Å². The minimum Gasteiger partial charge on any atom is -0.192 e. The number of nitriles is 1. The predicted octanol–water partition coefficient (Wildman–Crippen LogP) is 11.3. The van der Waals surface area contributed by atoms with Crippen molar-refractivity contribution in [1.82, 2.24) is 0 Å². The number of thiophene rings is 2. The van der Waals surface area contributed by atoms with Crippen LogP contribution in [-0.4, -0.2) is 0 Å². The first-order valence-electron chi connectivity index (χ1n) is 13.2. The molecule has 0 unspecified atom stereocenters. The van der Waals surface area contributed by atoms with Gasteiger partial charge in [0.1, 0.15) is 0 Å². The third kappa shape index (κ3) is 3.73. The van der Waals surface area contributed by atoms with Crippen LogP contribution in [0.25, 0.3) is 73.7 Å². The van der Waals surface area contributed by atoms with Crippen LogP contribution in [0.15, 0.2) is 127 Å². The van der Waals surface area contributed by atoms with Gasteiger partial charge < -0.3 is 0 Å². The van der Waals surface area contributed by atoms with Crippen LogP contribution in [0.2, 0.25) is 0 Å². The van der Waals surface area contributed by atoms with Gasteiger partial charge in [0.15, 0.2) is 0 Å². The molecule has 0 aliphatic carbocycles. The number of hydrogen-bond acceptors (Lipinski definition) is 3. The molecule has 0 atom stereocenters. The maximum Gasteiger partial charge on any atom is 0.0991 e. The smallest absolute Gasteiger partial charge is 0.0991 e. The molecule has 0 N–H and O–H groups in total.